The number of nitrogens with zero attached hydrogens (tertiary/aromatic N) is 1. The highest BCUT2D eigenvalue weighted by Gasteiger charge is 2.45. The first-order valence-corrected chi connectivity index (χ1v) is 4.97. The van der Waals surface area contributed by atoms with Gasteiger partial charge in [0, 0.05) is 5.56 Å². The van der Waals surface area contributed by atoms with Gasteiger partial charge in [-0.25, -0.2) is 0 Å². The molecule has 5 heteroatoms. The minimum absolute atomic E-state index is 0.356. The molecule has 1 aromatic heterocycles. The van der Waals surface area contributed by atoms with E-state index in [-0.39, 0.29) is 0 Å². The number of carboxylic acids is 1. The summed E-state index contributed by atoms with van der Waals surface area (Å²) < 4.78 is 0. The van der Waals surface area contributed by atoms with Crippen molar-refractivity contribution in [3.63, 3.8) is 0 Å². The third-order valence-electron chi connectivity index (χ3n) is 2.97. The fourth-order valence-corrected chi connectivity index (χ4v) is 2.46. The molecule has 0 radical (unpaired) electrons. The van der Waals surface area contributed by atoms with Crippen molar-refractivity contribution in [1.82, 2.24) is 10.2 Å². The molecule has 1 aromatic rings. The van der Waals surface area contributed by atoms with Crippen LogP contribution in [0.15, 0.2) is 6.20 Å². The molecule has 1 aliphatic carbocycles. The van der Waals surface area contributed by atoms with Crippen molar-refractivity contribution in [2.75, 3.05) is 0 Å². The molecule has 0 spiro atoms. The monoisotopic (exact) mass is 214 g/mol. The first kappa shape index (κ1) is 9.52. The lowest BCUT2D eigenvalue weighted by molar-refractivity contribution is -0.143. The Labute approximate surface area is 86.3 Å². The van der Waals surface area contributed by atoms with Crippen molar-refractivity contribution in [2.24, 2.45) is 0 Å². The van der Waals surface area contributed by atoms with Crippen molar-refractivity contribution in [1.29, 1.82) is 0 Å². The summed E-state index contributed by atoms with van der Waals surface area (Å²) in [5.74, 6) is -0.793. The summed E-state index contributed by atoms with van der Waals surface area (Å²) in [6.07, 6.45) is 4.71. The maximum atomic E-state index is 11.3. The number of hydrogen-bond donors (Lipinski definition) is 2. The summed E-state index contributed by atoms with van der Waals surface area (Å²) in [5.41, 5.74) is -0.173. The summed E-state index contributed by atoms with van der Waals surface area (Å²) in [5, 5.41) is 16.0. The smallest absolute Gasteiger partial charge is 0.314 e. The predicted octanol–water partition coefficient (Wildman–Crippen LogP) is 1.96. The van der Waals surface area contributed by atoms with Crippen molar-refractivity contribution in [3.05, 3.63) is 16.9 Å². The Kier molecular flexibility index (Phi) is 2.23. The normalized spacial score (nSPS) is 19.8. The molecular weight excluding hydrogens is 204 g/mol. The lowest BCUT2D eigenvalue weighted by Gasteiger charge is -2.22. The topological polar surface area (TPSA) is 66.0 Å². The summed E-state index contributed by atoms with van der Waals surface area (Å²) >= 11 is 5.87. The second-order valence-electron chi connectivity index (χ2n) is 3.69. The van der Waals surface area contributed by atoms with E-state index in [1.165, 1.54) is 6.20 Å². The van der Waals surface area contributed by atoms with E-state index in [2.05, 4.69) is 10.2 Å². The number of carbonyl (C=O) groups is 1. The third-order valence-corrected chi connectivity index (χ3v) is 3.26. The van der Waals surface area contributed by atoms with Crippen LogP contribution in [0.2, 0.25) is 5.15 Å². The van der Waals surface area contributed by atoms with E-state index in [0.29, 0.717) is 23.6 Å². The average Bonchev–Trinajstić information content (AvgIpc) is 2.72. The van der Waals surface area contributed by atoms with Crippen LogP contribution in [0, 0.1) is 0 Å². The van der Waals surface area contributed by atoms with E-state index in [0.717, 1.165) is 12.8 Å². The molecule has 2 rings (SSSR count). The molecular formula is C9H11ClN2O2. The number of aromatic nitrogens is 2. The lowest BCUT2D eigenvalue weighted by atomic mass is 9.81. The molecule has 1 aliphatic rings. The number of aliphatic carboxylic acids is 1. The Morgan fingerprint density at radius 3 is 2.64 bits per heavy atom. The molecule has 4 nitrogen and oxygen atoms in total. The maximum Gasteiger partial charge on any atom is 0.314 e. The number of rotatable bonds is 2. The van der Waals surface area contributed by atoms with Crippen molar-refractivity contribution >= 4 is 17.6 Å². The maximum absolute atomic E-state index is 11.3. The van der Waals surface area contributed by atoms with Gasteiger partial charge in [0.15, 0.2) is 0 Å². The number of nitrogens with one attached hydrogen (secondary N) is 1. The molecule has 76 valence electrons. The number of H-pyrrole nitrogens is 1. The Morgan fingerprint density at radius 2 is 2.21 bits per heavy atom. The Hall–Kier alpha value is -1.03. The predicted molar refractivity (Wildman–Crippen MR) is 51.4 cm³/mol. The molecule has 14 heavy (non-hydrogen) atoms. The molecule has 1 saturated carbocycles. The molecule has 0 aromatic carbocycles. The Morgan fingerprint density at radius 1 is 1.57 bits per heavy atom. The van der Waals surface area contributed by atoms with Crippen LogP contribution >= 0.6 is 11.6 Å². The van der Waals surface area contributed by atoms with Gasteiger partial charge in [-0.15, -0.1) is 0 Å². The van der Waals surface area contributed by atoms with E-state index < -0.39 is 11.4 Å². The van der Waals surface area contributed by atoms with Crippen LogP contribution in [0.1, 0.15) is 31.2 Å². The van der Waals surface area contributed by atoms with Crippen LogP contribution in [-0.4, -0.2) is 21.3 Å². The molecule has 0 unspecified atom stereocenters. The van der Waals surface area contributed by atoms with E-state index >= 15 is 0 Å². The zero-order valence-electron chi connectivity index (χ0n) is 7.59. The van der Waals surface area contributed by atoms with E-state index in [1.807, 2.05) is 0 Å². The highest BCUT2D eigenvalue weighted by atomic mass is 35.5. The van der Waals surface area contributed by atoms with Crippen LogP contribution in [0.4, 0.5) is 0 Å². The van der Waals surface area contributed by atoms with Crippen molar-refractivity contribution in [3.8, 4) is 0 Å². The van der Waals surface area contributed by atoms with Crippen LogP contribution in [-0.2, 0) is 10.2 Å². The first-order valence-electron chi connectivity index (χ1n) is 4.59. The Bertz CT molecular complexity index is 355. The number of aromatic amines is 1. The molecule has 0 amide bonds. The largest absolute Gasteiger partial charge is 0.481 e. The standard InChI is InChI=1S/C9H11ClN2O2/c10-7-6(5-11-12-7)9(8(13)14)3-1-2-4-9/h5H,1-4H2,(H,11,12)(H,13,14). The number of carboxylic acid groups (broad SMARTS) is 1. The molecule has 1 fully saturated rings. The van der Waals surface area contributed by atoms with Gasteiger partial charge in [-0.1, -0.05) is 24.4 Å². The van der Waals surface area contributed by atoms with E-state index in [9.17, 15) is 9.90 Å². The second kappa shape index (κ2) is 3.28. The minimum atomic E-state index is -0.802. The van der Waals surface area contributed by atoms with Crippen LogP contribution in [0.5, 0.6) is 0 Å². The van der Waals surface area contributed by atoms with Crippen LogP contribution in [0.25, 0.3) is 0 Å². The highest BCUT2D eigenvalue weighted by Crippen LogP contribution is 2.43. The van der Waals surface area contributed by atoms with Gasteiger partial charge in [-0.2, -0.15) is 5.10 Å². The van der Waals surface area contributed by atoms with Crippen LogP contribution < -0.4 is 0 Å². The lowest BCUT2D eigenvalue weighted by Crippen LogP contribution is -2.32. The first-order chi connectivity index (χ1) is 6.67. The zero-order valence-corrected chi connectivity index (χ0v) is 8.34. The third kappa shape index (κ3) is 1.21. The van der Waals surface area contributed by atoms with Gasteiger partial charge in [-0.05, 0) is 12.8 Å². The van der Waals surface area contributed by atoms with Crippen molar-refractivity contribution in [2.45, 2.75) is 31.1 Å². The van der Waals surface area contributed by atoms with Gasteiger partial charge >= 0.3 is 5.97 Å². The number of hydrogen-bond acceptors (Lipinski definition) is 2. The van der Waals surface area contributed by atoms with Gasteiger partial charge in [0.1, 0.15) is 5.15 Å². The average molecular weight is 215 g/mol. The van der Waals surface area contributed by atoms with Crippen molar-refractivity contribution < 1.29 is 9.90 Å². The molecule has 0 aliphatic heterocycles. The summed E-state index contributed by atoms with van der Waals surface area (Å²) in [6.45, 7) is 0. The fourth-order valence-electron chi connectivity index (χ4n) is 2.18. The molecule has 0 bridgehead atoms. The molecule has 1 heterocycles. The zero-order chi connectivity index (χ0) is 10.2. The molecule has 2 N–H and O–H groups in total. The fraction of sp³-hybridized carbons (Fsp3) is 0.556. The van der Waals surface area contributed by atoms with Gasteiger partial charge in [0.05, 0.1) is 11.6 Å². The summed E-state index contributed by atoms with van der Waals surface area (Å²) in [4.78, 5) is 11.3. The van der Waals surface area contributed by atoms with Gasteiger partial charge in [-0.3, -0.25) is 9.89 Å². The quantitative estimate of drug-likeness (QED) is 0.791. The van der Waals surface area contributed by atoms with Gasteiger partial charge < -0.3 is 5.11 Å². The van der Waals surface area contributed by atoms with Crippen LogP contribution in [0.3, 0.4) is 0 Å². The molecule has 0 atom stereocenters. The molecule has 0 saturated heterocycles. The highest BCUT2D eigenvalue weighted by molar-refractivity contribution is 6.30. The van der Waals surface area contributed by atoms with Gasteiger partial charge in [0.25, 0.3) is 0 Å². The van der Waals surface area contributed by atoms with E-state index in [4.69, 9.17) is 11.6 Å². The Balaban J connectivity index is 2.46. The van der Waals surface area contributed by atoms with E-state index in [1.54, 1.807) is 0 Å². The SMILES string of the molecule is O=C(O)C1(c2cn[nH]c2Cl)CCCC1. The second-order valence-corrected chi connectivity index (χ2v) is 4.07. The van der Waals surface area contributed by atoms with Gasteiger partial charge in [0.2, 0.25) is 0 Å². The number of halogens is 1. The summed E-state index contributed by atoms with van der Waals surface area (Å²) in [6, 6.07) is 0. The summed E-state index contributed by atoms with van der Waals surface area (Å²) in [7, 11) is 0. The minimum Gasteiger partial charge on any atom is -0.481 e.